The van der Waals surface area contributed by atoms with E-state index in [2.05, 4.69) is 107 Å². The van der Waals surface area contributed by atoms with Crippen molar-refractivity contribution >= 4 is 60.4 Å². The number of para-hydroxylation sites is 2. The molecule has 0 aliphatic carbocycles. The Balaban J connectivity index is 0.000000129. The van der Waals surface area contributed by atoms with Gasteiger partial charge in [0, 0.05) is 10.8 Å². The van der Waals surface area contributed by atoms with Crippen molar-refractivity contribution in [2.45, 2.75) is 0 Å². The van der Waals surface area contributed by atoms with E-state index in [9.17, 15) is 0 Å². The van der Waals surface area contributed by atoms with Crippen LogP contribution in [-0.4, -0.2) is 19.6 Å². The SMILES string of the molecule is [Cl][Zr+2][Cl].c1ccc2[cH-]c(-n3ncc4ccccc43)cc2c1.c1ccc2[cH-]c(-n3ncc4ccccc43)cc2c1. The van der Waals surface area contributed by atoms with Gasteiger partial charge in [-0.3, -0.25) is 9.36 Å². The van der Waals surface area contributed by atoms with Gasteiger partial charge in [0.05, 0.1) is 23.4 Å². The molecule has 0 aliphatic heterocycles. The van der Waals surface area contributed by atoms with E-state index in [1.165, 1.54) is 32.3 Å². The van der Waals surface area contributed by atoms with Crippen molar-refractivity contribution in [3.05, 3.63) is 134 Å². The summed E-state index contributed by atoms with van der Waals surface area (Å²) in [5, 5.41) is 16.3. The molecule has 0 amide bonds. The van der Waals surface area contributed by atoms with Crippen LogP contribution in [-0.2, 0) is 20.8 Å². The van der Waals surface area contributed by atoms with Crippen LogP contribution in [0.4, 0.5) is 0 Å². The van der Waals surface area contributed by atoms with Crippen molar-refractivity contribution in [2.24, 2.45) is 0 Å². The Morgan fingerprint density at radius 2 is 0.872 bits per heavy atom. The number of hydrogen-bond acceptors (Lipinski definition) is 2. The van der Waals surface area contributed by atoms with Crippen molar-refractivity contribution in [3.63, 3.8) is 0 Å². The molecule has 6 aromatic carbocycles. The first-order chi connectivity index (χ1) is 19.2. The van der Waals surface area contributed by atoms with Crippen LogP contribution in [0, 0.1) is 0 Å². The molecule has 8 aromatic rings. The molecule has 39 heavy (non-hydrogen) atoms. The topological polar surface area (TPSA) is 35.6 Å². The van der Waals surface area contributed by atoms with Crippen molar-refractivity contribution in [2.75, 3.05) is 0 Å². The van der Waals surface area contributed by atoms with Crippen molar-refractivity contribution in [1.29, 1.82) is 0 Å². The Hall–Kier alpha value is -3.50. The third kappa shape index (κ3) is 5.36. The van der Waals surface area contributed by atoms with E-state index < -0.39 is 20.8 Å². The first-order valence-corrected chi connectivity index (χ1v) is 18.7. The molecule has 0 spiro atoms. The quantitative estimate of drug-likeness (QED) is 0.180. The molecule has 7 heteroatoms. The van der Waals surface area contributed by atoms with Crippen LogP contribution in [0.5, 0.6) is 0 Å². The van der Waals surface area contributed by atoms with Gasteiger partial charge in [-0.1, -0.05) is 48.5 Å². The van der Waals surface area contributed by atoms with Gasteiger partial charge in [-0.15, -0.1) is 82.2 Å². The van der Waals surface area contributed by atoms with Gasteiger partial charge in [-0.25, -0.2) is 0 Å². The van der Waals surface area contributed by atoms with Gasteiger partial charge in [0.15, 0.2) is 0 Å². The van der Waals surface area contributed by atoms with E-state index in [0.717, 1.165) is 22.4 Å². The van der Waals surface area contributed by atoms with Gasteiger partial charge in [-0.2, -0.15) is 10.2 Å². The minimum Gasteiger partial charge on any atom is -0.252 e. The Kier molecular flexibility index (Phi) is 7.74. The van der Waals surface area contributed by atoms with Crippen molar-refractivity contribution < 1.29 is 20.8 Å². The normalized spacial score (nSPS) is 10.7. The predicted octanol–water partition coefficient (Wildman–Crippen LogP) is 9.17. The zero-order valence-corrected chi connectivity index (χ0v) is 24.7. The molecular weight excluding hydrogens is 603 g/mol. The molecule has 0 saturated heterocycles. The average molecular weight is 625 g/mol. The zero-order valence-electron chi connectivity index (χ0n) is 20.7. The van der Waals surface area contributed by atoms with E-state index in [4.69, 9.17) is 17.0 Å². The number of aromatic nitrogens is 4. The Bertz CT molecular complexity index is 1790. The largest absolute Gasteiger partial charge is 0.252 e. The molecular formula is C32H22Cl2N4Zr. The molecule has 188 valence electrons. The molecule has 0 bridgehead atoms. The number of halogens is 2. The van der Waals surface area contributed by atoms with E-state index in [0.29, 0.717) is 0 Å². The van der Waals surface area contributed by atoms with Gasteiger partial charge in [0.2, 0.25) is 0 Å². The van der Waals surface area contributed by atoms with E-state index in [-0.39, 0.29) is 0 Å². The van der Waals surface area contributed by atoms with E-state index >= 15 is 0 Å². The molecule has 2 aromatic heterocycles. The van der Waals surface area contributed by atoms with E-state index in [1.54, 1.807) is 0 Å². The smallest absolute Gasteiger partial charge is 0.0721 e. The number of hydrogen-bond donors (Lipinski definition) is 0. The summed E-state index contributed by atoms with van der Waals surface area (Å²) in [6, 6.07) is 42.0. The second-order valence-electron chi connectivity index (χ2n) is 8.99. The number of rotatable bonds is 2. The number of fused-ring (bicyclic) bond motifs is 4. The summed E-state index contributed by atoms with van der Waals surface area (Å²) >= 11 is -0.826. The Morgan fingerprint density at radius 1 is 0.513 bits per heavy atom. The first-order valence-electron chi connectivity index (χ1n) is 12.4. The average Bonchev–Trinajstić information content (AvgIpc) is 3.76. The van der Waals surface area contributed by atoms with E-state index in [1.807, 2.05) is 46.0 Å². The molecule has 0 fully saturated rings. The molecule has 0 atom stereocenters. The summed E-state index contributed by atoms with van der Waals surface area (Å²) in [6.45, 7) is 0. The molecule has 0 radical (unpaired) electrons. The van der Waals surface area contributed by atoms with Crippen LogP contribution in [0.2, 0.25) is 0 Å². The number of benzene rings is 4. The Labute approximate surface area is 244 Å². The summed E-state index contributed by atoms with van der Waals surface area (Å²) in [5.41, 5.74) is 4.54. The fraction of sp³-hybridized carbons (Fsp3) is 0. The maximum absolute atomic E-state index is 4.93. The van der Waals surface area contributed by atoms with Gasteiger partial charge in [0.25, 0.3) is 0 Å². The van der Waals surface area contributed by atoms with Crippen LogP contribution in [0.1, 0.15) is 0 Å². The molecule has 4 nitrogen and oxygen atoms in total. The number of nitrogens with zero attached hydrogens (tertiary/aromatic N) is 4. The third-order valence-corrected chi connectivity index (χ3v) is 6.65. The Morgan fingerprint density at radius 3 is 1.28 bits per heavy atom. The van der Waals surface area contributed by atoms with Crippen LogP contribution in [0.25, 0.3) is 54.7 Å². The summed E-state index contributed by atoms with van der Waals surface area (Å²) in [6.07, 6.45) is 3.82. The summed E-state index contributed by atoms with van der Waals surface area (Å²) in [5.74, 6) is 0. The summed E-state index contributed by atoms with van der Waals surface area (Å²) in [4.78, 5) is 0. The van der Waals surface area contributed by atoms with Gasteiger partial charge in [0.1, 0.15) is 0 Å². The minimum atomic E-state index is -0.826. The zero-order chi connectivity index (χ0) is 26.6. The fourth-order valence-corrected chi connectivity index (χ4v) is 4.87. The molecule has 8 rings (SSSR count). The van der Waals surface area contributed by atoms with Crippen LogP contribution in [0.3, 0.4) is 0 Å². The second kappa shape index (κ2) is 11.7. The van der Waals surface area contributed by atoms with Crippen LogP contribution in [0.15, 0.2) is 134 Å². The fourth-order valence-electron chi connectivity index (χ4n) is 4.87. The molecule has 0 unspecified atom stereocenters. The van der Waals surface area contributed by atoms with Crippen LogP contribution < -0.4 is 0 Å². The molecule has 0 aliphatic rings. The van der Waals surface area contributed by atoms with Gasteiger partial charge >= 0.3 is 37.9 Å². The van der Waals surface area contributed by atoms with Crippen molar-refractivity contribution in [3.8, 4) is 11.4 Å². The van der Waals surface area contributed by atoms with Gasteiger partial charge in [-0.05, 0) is 23.5 Å². The third-order valence-electron chi connectivity index (χ3n) is 6.65. The second-order valence-corrected chi connectivity index (χ2v) is 12.7. The standard InChI is InChI=1S/2C16H11N2.2ClH.Zr/c2*1-2-6-13-10-15(9-12(13)5-1)18-16-8-4-3-7-14(16)11-17-18;;;/h2*1-11H;2*1H;/q2*-1;;;+4/p-2. The summed E-state index contributed by atoms with van der Waals surface area (Å²) in [7, 11) is 9.87. The maximum Gasteiger partial charge on any atom is 0.0721 e. The maximum atomic E-state index is 4.93. The molecule has 2 heterocycles. The predicted molar refractivity (Wildman–Crippen MR) is 160 cm³/mol. The monoisotopic (exact) mass is 622 g/mol. The summed E-state index contributed by atoms with van der Waals surface area (Å²) < 4.78 is 3.99. The molecule has 0 saturated carbocycles. The minimum absolute atomic E-state index is 0.826. The van der Waals surface area contributed by atoms with Gasteiger partial charge < -0.3 is 0 Å². The van der Waals surface area contributed by atoms with Crippen molar-refractivity contribution in [1.82, 2.24) is 19.6 Å². The first kappa shape index (κ1) is 25.8. The molecule has 0 N–H and O–H groups in total. The van der Waals surface area contributed by atoms with Crippen LogP contribution >= 0.6 is 17.0 Å².